The molecule has 0 amide bonds. The maximum absolute atomic E-state index is 5.49. The summed E-state index contributed by atoms with van der Waals surface area (Å²) < 4.78 is 5.49. The Morgan fingerprint density at radius 3 is 2.65 bits per heavy atom. The number of aryl methyl sites for hydroxylation is 3. The maximum atomic E-state index is 5.49. The molecule has 2 heterocycles. The fourth-order valence-corrected chi connectivity index (χ4v) is 2.03. The van der Waals surface area contributed by atoms with E-state index in [-0.39, 0.29) is 0 Å². The van der Waals surface area contributed by atoms with Crippen molar-refractivity contribution >= 4 is 17.7 Å². The Morgan fingerprint density at radius 2 is 2.06 bits per heavy atom. The predicted octanol–water partition coefficient (Wildman–Crippen LogP) is 1.83. The van der Waals surface area contributed by atoms with Crippen molar-refractivity contribution in [3.05, 3.63) is 23.2 Å². The minimum Gasteiger partial charge on any atom is -0.436 e. The van der Waals surface area contributed by atoms with Crippen molar-refractivity contribution in [1.82, 2.24) is 15.0 Å². The molecule has 0 aliphatic carbocycles. The van der Waals surface area contributed by atoms with Crippen LogP contribution in [0.5, 0.6) is 0 Å². The van der Waals surface area contributed by atoms with Crippen molar-refractivity contribution < 1.29 is 4.42 Å². The third kappa shape index (κ3) is 2.56. The van der Waals surface area contributed by atoms with E-state index in [1.807, 2.05) is 20.8 Å². The van der Waals surface area contributed by atoms with Gasteiger partial charge in [0, 0.05) is 11.8 Å². The molecular formula is C10H13N5OS. The number of nitrogens with zero attached hydrogens (tertiary/aromatic N) is 3. The first-order chi connectivity index (χ1) is 8.10. The summed E-state index contributed by atoms with van der Waals surface area (Å²) in [5.41, 5.74) is 4.24. The molecule has 0 radical (unpaired) electrons. The molecule has 2 aromatic heterocycles. The van der Waals surface area contributed by atoms with Crippen LogP contribution < -0.4 is 11.3 Å². The van der Waals surface area contributed by atoms with E-state index >= 15 is 0 Å². The highest BCUT2D eigenvalue weighted by molar-refractivity contribution is 7.99. The van der Waals surface area contributed by atoms with Crippen LogP contribution in [0.25, 0.3) is 0 Å². The van der Waals surface area contributed by atoms with E-state index in [4.69, 9.17) is 10.3 Å². The topological polar surface area (TPSA) is 89.9 Å². The summed E-state index contributed by atoms with van der Waals surface area (Å²) in [6.07, 6.45) is 1.70. The lowest BCUT2D eigenvalue weighted by molar-refractivity contribution is 0.431. The van der Waals surface area contributed by atoms with Gasteiger partial charge < -0.3 is 4.42 Å². The van der Waals surface area contributed by atoms with Crippen molar-refractivity contribution in [2.24, 2.45) is 5.84 Å². The molecule has 6 nitrogen and oxygen atoms in total. The Bertz CT molecular complexity index is 520. The smallest absolute Gasteiger partial charge is 0.262 e. The molecule has 0 atom stereocenters. The lowest BCUT2D eigenvalue weighted by Crippen LogP contribution is -2.10. The first kappa shape index (κ1) is 11.9. The quantitative estimate of drug-likeness (QED) is 0.488. The number of hydrogen-bond acceptors (Lipinski definition) is 7. The number of nitrogen functional groups attached to an aromatic ring is 1. The van der Waals surface area contributed by atoms with Crippen LogP contribution in [0.2, 0.25) is 0 Å². The van der Waals surface area contributed by atoms with Gasteiger partial charge in [-0.05, 0) is 32.5 Å². The zero-order valence-electron chi connectivity index (χ0n) is 9.81. The van der Waals surface area contributed by atoms with E-state index in [9.17, 15) is 0 Å². The Morgan fingerprint density at radius 1 is 1.29 bits per heavy atom. The number of rotatable bonds is 3. The Balaban J connectivity index is 2.28. The molecule has 0 aromatic carbocycles. The summed E-state index contributed by atoms with van der Waals surface area (Å²) in [7, 11) is 0. The molecule has 2 aromatic rings. The second kappa shape index (κ2) is 4.72. The van der Waals surface area contributed by atoms with Crippen LogP contribution in [0, 0.1) is 20.8 Å². The average molecular weight is 251 g/mol. The van der Waals surface area contributed by atoms with Crippen LogP contribution in [-0.4, -0.2) is 15.0 Å². The molecule has 0 unspecified atom stereocenters. The van der Waals surface area contributed by atoms with Crippen LogP contribution in [-0.2, 0) is 0 Å². The molecule has 0 aliphatic heterocycles. The second-order valence-corrected chi connectivity index (χ2v) is 4.49. The van der Waals surface area contributed by atoms with Gasteiger partial charge in [0.25, 0.3) is 5.22 Å². The number of hydrogen-bond donors (Lipinski definition) is 2. The van der Waals surface area contributed by atoms with Crippen LogP contribution in [0.1, 0.15) is 17.0 Å². The van der Waals surface area contributed by atoms with Gasteiger partial charge in [-0.1, -0.05) is 0 Å². The van der Waals surface area contributed by atoms with Crippen LogP contribution in [0.4, 0.5) is 5.95 Å². The zero-order chi connectivity index (χ0) is 12.4. The van der Waals surface area contributed by atoms with Gasteiger partial charge in [0.1, 0.15) is 10.8 Å². The van der Waals surface area contributed by atoms with Crippen LogP contribution in [0.3, 0.4) is 0 Å². The molecule has 90 valence electrons. The molecule has 0 bridgehead atoms. The van der Waals surface area contributed by atoms with Gasteiger partial charge in [0.05, 0.1) is 5.69 Å². The number of anilines is 1. The lowest BCUT2D eigenvalue weighted by atomic mass is 10.4. The van der Waals surface area contributed by atoms with Gasteiger partial charge in [-0.3, -0.25) is 5.43 Å². The first-order valence-corrected chi connectivity index (χ1v) is 5.84. The van der Waals surface area contributed by atoms with E-state index < -0.39 is 0 Å². The summed E-state index contributed by atoms with van der Waals surface area (Å²) in [5.74, 6) is 6.46. The minimum atomic E-state index is 0.373. The largest absolute Gasteiger partial charge is 0.436 e. The number of aromatic nitrogens is 3. The summed E-state index contributed by atoms with van der Waals surface area (Å²) in [6, 6.07) is 0. The van der Waals surface area contributed by atoms with Crippen LogP contribution >= 0.6 is 11.8 Å². The van der Waals surface area contributed by atoms with Crippen molar-refractivity contribution in [3.63, 3.8) is 0 Å². The number of hydrazine groups is 1. The fourth-order valence-electron chi connectivity index (χ4n) is 1.17. The van der Waals surface area contributed by atoms with Gasteiger partial charge in [-0.15, -0.1) is 0 Å². The van der Waals surface area contributed by atoms with Crippen molar-refractivity contribution in [2.75, 3.05) is 5.43 Å². The summed E-state index contributed by atoms with van der Waals surface area (Å²) in [4.78, 5) is 12.5. The molecule has 3 N–H and O–H groups in total. The summed E-state index contributed by atoms with van der Waals surface area (Å²) in [5, 5.41) is 1.35. The molecule has 0 saturated carbocycles. The average Bonchev–Trinajstić information content (AvgIpc) is 2.61. The van der Waals surface area contributed by atoms with E-state index in [1.165, 1.54) is 11.8 Å². The molecule has 17 heavy (non-hydrogen) atoms. The first-order valence-electron chi connectivity index (χ1n) is 5.02. The summed E-state index contributed by atoms with van der Waals surface area (Å²) >= 11 is 1.35. The number of oxazole rings is 1. The van der Waals surface area contributed by atoms with E-state index in [1.54, 1.807) is 6.20 Å². The normalized spacial score (nSPS) is 10.6. The Hall–Kier alpha value is -1.60. The predicted molar refractivity (Wildman–Crippen MR) is 64.7 cm³/mol. The summed E-state index contributed by atoms with van der Waals surface area (Å²) in [6.45, 7) is 5.71. The molecule has 7 heteroatoms. The standard InChI is InChI=1S/C10H13N5OS/c1-5-4-12-9(15-11)14-8(5)17-10-13-6(2)7(3)16-10/h4H,11H2,1-3H3,(H,12,14,15). The van der Waals surface area contributed by atoms with E-state index in [0.29, 0.717) is 11.2 Å². The van der Waals surface area contributed by atoms with E-state index in [2.05, 4.69) is 20.4 Å². The molecule has 0 saturated heterocycles. The molecule has 2 rings (SSSR count). The minimum absolute atomic E-state index is 0.373. The molecule has 0 aliphatic rings. The van der Waals surface area contributed by atoms with Crippen molar-refractivity contribution in [2.45, 2.75) is 31.0 Å². The van der Waals surface area contributed by atoms with Gasteiger partial charge in [0.2, 0.25) is 5.95 Å². The maximum Gasteiger partial charge on any atom is 0.262 e. The molecule has 0 fully saturated rings. The Labute approximate surface area is 103 Å². The second-order valence-electron chi connectivity index (χ2n) is 3.55. The third-order valence-electron chi connectivity index (χ3n) is 2.25. The van der Waals surface area contributed by atoms with Gasteiger partial charge >= 0.3 is 0 Å². The molecule has 0 spiro atoms. The highest BCUT2D eigenvalue weighted by Gasteiger charge is 2.11. The van der Waals surface area contributed by atoms with E-state index in [0.717, 1.165) is 22.0 Å². The highest BCUT2D eigenvalue weighted by Crippen LogP contribution is 2.29. The number of nitrogens with two attached hydrogens (primary N) is 1. The number of nitrogens with one attached hydrogen (secondary N) is 1. The Kier molecular flexibility index (Phi) is 3.30. The van der Waals surface area contributed by atoms with Gasteiger partial charge in [-0.25, -0.2) is 20.8 Å². The third-order valence-corrected chi connectivity index (χ3v) is 3.20. The fraction of sp³-hybridized carbons (Fsp3) is 0.300. The van der Waals surface area contributed by atoms with Crippen molar-refractivity contribution in [3.8, 4) is 0 Å². The zero-order valence-corrected chi connectivity index (χ0v) is 10.6. The van der Waals surface area contributed by atoms with Gasteiger partial charge in [0.15, 0.2) is 0 Å². The molecular weight excluding hydrogens is 238 g/mol. The highest BCUT2D eigenvalue weighted by atomic mass is 32.2. The van der Waals surface area contributed by atoms with Gasteiger partial charge in [-0.2, -0.15) is 0 Å². The van der Waals surface area contributed by atoms with Crippen LogP contribution in [0.15, 0.2) is 20.9 Å². The van der Waals surface area contributed by atoms with Crippen molar-refractivity contribution in [1.29, 1.82) is 0 Å². The monoisotopic (exact) mass is 251 g/mol. The SMILES string of the molecule is Cc1cnc(NN)nc1Sc1nc(C)c(C)o1. The lowest BCUT2D eigenvalue weighted by Gasteiger charge is -2.03.